The Labute approximate surface area is 181 Å². The van der Waals surface area contributed by atoms with E-state index in [0.29, 0.717) is 38.1 Å². The number of nitrogens with one attached hydrogen (secondary N) is 1. The van der Waals surface area contributed by atoms with Gasteiger partial charge in [-0.2, -0.15) is 0 Å². The van der Waals surface area contributed by atoms with E-state index in [9.17, 15) is 14.0 Å². The predicted octanol–water partition coefficient (Wildman–Crippen LogP) is 3.68. The molecule has 0 bridgehead atoms. The van der Waals surface area contributed by atoms with Crippen molar-refractivity contribution in [2.24, 2.45) is 0 Å². The van der Waals surface area contributed by atoms with Gasteiger partial charge < -0.3 is 14.6 Å². The third-order valence-electron chi connectivity index (χ3n) is 4.61. The van der Waals surface area contributed by atoms with E-state index >= 15 is 0 Å². The van der Waals surface area contributed by atoms with Gasteiger partial charge >= 0.3 is 0 Å². The molecule has 4 aromatic rings. The number of carbonyl (C=O) groups is 1. The molecule has 0 unspecified atom stereocenters. The fourth-order valence-electron chi connectivity index (χ4n) is 3.07. The number of rotatable bonds is 6. The number of aryl methyl sites for hydroxylation is 1. The number of carbonyl (C=O) groups excluding carboxylic acids is 1. The SMILES string of the molecule is Cc1nc(COc2ccc(F)cc2)sc1C(=O)N(C)Cc1nc2ccccc2c(=O)[nH]1. The van der Waals surface area contributed by atoms with Crippen LogP contribution in [0.1, 0.15) is 26.2 Å². The van der Waals surface area contributed by atoms with Crippen LogP contribution in [0.3, 0.4) is 0 Å². The summed E-state index contributed by atoms with van der Waals surface area (Å²) in [5.41, 5.74) is 0.937. The van der Waals surface area contributed by atoms with Gasteiger partial charge in [0.15, 0.2) is 0 Å². The third-order valence-corrected chi connectivity index (χ3v) is 5.73. The molecule has 1 N–H and O–H groups in total. The van der Waals surface area contributed by atoms with Crippen LogP contribution in [0.2, 0.25) is 0 Å². The minimum absolute atomic E-state index is 0.150. The molecule has 158 valence electrons. The van der Waals surface area contributed by atoms with Crippen molar-refractivity contribution in [3.05, 3.63) is 86.1 Å². The van der Waals surface area contributed by atoms with Crippen molar-refractivity contribution in [1.29, 1.82) is 0 Å². The molecule has 1 amide bonds. The number of hydrogen-bond acceptors (Lipinski definition) is 6. The van der Waals surface area contributed by atoms with Crippen LogP contribution in [0.4, 0.5) is 4.39 Å². The Kier molecular flexibility index (Phi) is 5.77. The average Bonchev–Trinajstić information content (AvgIpc) is 3.13. The van der Waals surface area contributed by atoms with Crippen LogP contribution in [0.25, 0.3) is 10.9 Å². The lowest BCUT2D eigenvalue weighted by molar-refractivity contribution is 0.0785. The van der Waals surface area contributed by atoms with E-state index in [1.165, 1.54) is 40.5 Å². The van der Waals surface area contributed by atoms with E-state index in [4.69, 9.17) is 4.74 Å². The maximum atomic E-state index is 13.0. The quantitative estimate of drug-likeness (QED) is 0.496. The van der Waals surface area contributed by atoms with E-state index in [2.05, 4.69) is 15.0 Å². The zero-order valence-electron chi connectivity index (χ0n) is 16.9. The summed E-state index contributed by atoms with van der Waals surface area (Å²) >= 11 is 1.24. The van der Waals surface area contributed by atoms with Gasteiger partial charge in [-0.25, -0.2) is 14.4 Å². The molecule has 0 spiro atoms. The lowest BCUT2D eigenvalue weighted by Gasteiger charge is -2.16. The highest BCUT2D eigenvalue weighted by Gasteiger charge is 2.20. The number of H-pyrrole nitrogens is 1. The molecular weight excluding hydrogens is 419 g/mol. The van der Waals surface area contributed by atoms with Crippen molar-refractivity contribution in [1.82, 2.24) is 19.9 Å². The lowest BCUT2D eigenvalue weighted by atomic mass is 10.2. The number of para-hydroxylation sites is 1. The van der Waals surface area contributed by atoms with E-state index in [1.54, 1.807) is 32.2 Å². The van der Waals surface area contributed by atoms with Crippen molar-refractivity contribution >= 4 is 28.1 Å². The molecule has 0 saturated heterocycles. The molecule has 0 aliphatic carbocycles. The summed E-state index contributed by atoms with van der Waals surface area (Å²) in [6, 6.07) is 12.8. The topological polar surface area (TPSA) is 88.2 Å². The van der Waals surface area contributed by atoms with E-state index < -0.39 is 0 Å². The number of amides is 1. The van der Waals surface area contributed by atoms with Gasteiger partial charge in [-0.1, -0.05) is 12.1 Å². The van der Waals surface area contributed by atoms with Gasteiger partial charge in [0, 0.05) is 7.05 Å². The van der Waals surface area contributed by atoms with Crippen molar-refractivity contribution in [2.75, 3.05) is 7.05 Å². The van der Waals surface area contributed by atoms with Gasteiger partial charge in [0.25, 0.3) is 11.5 Å². The van der Waals surface area contributed by atoms with Crippen LogP contribution < -0.4 is 10.3 Å². The molecular formula is C22H19FN4O3S. The Morgan fingerprint density at radius 3 is 2.68 bits per heavy atom. The zero-order chi connectivity index (χ0) is 22.0. The molecule has 0 aliphatic heterocycles. The molecule has 2 heterocycles. The number of hydrogen-bond donors (Lipinski definition) is 1. The Hall–Kier alpha value is -3.59. The first-order valence-electron chi connectivity index (χ1n) is 9.49. The number of fused-ring (bicyclic) bond motifs is 1. The van der Waals surface area contributed by atoms with Crippen LogP contribution in [-0.4, -0.2) is 32.8 Å². The van der Waals surface area contributed by atoms with Crippen LogP contribution in [-0.2, 0) is 13.2 Å². The fraction of sp³-hybridized carbons (Fsp3) is 0.182. The molecule has 9 heteroatoms. The fourth-order valence-corrected chi connectivity index (χ4v) is 4.04. The summed E-state index contributed by atoms with van der Waals surface area (Å²) in [6.07, 6.45) is 0. The minimum atomic E-state index is -0.337. The van der Waals surface area contributed by atoms with E-state index in [-0.39, 0.29) is 30.4 Å². The standard InChI is InChI=1S/C22H19FN4O3S/c1-13-20(31-19(24-13)12-30-15-9-7-14(23)8-10-15)22(29)27(2)11-18-25-17-6-4-3-5-16(17)21(28)26-18/h3-10H,11-12H2,1-2H3,(H,25,26,28). The summed E-state index contributed by atoms with van der Waals surface area (Å²) in [5.74, 6) is 0.363. The average molecular weight is 438 g/mol. The van der Waals surface area contributed by atoms with Crippen LogP contribution in [0.15, 0.2) is 53.3 Å². The summed E-state index contributed by atoms with van der Waals surface area (Å²) in [7, 11) is 1.64. The summed E-state index contributed by atoms with van der Waals surface area (Å²) in [4.78, 5) is 38.7. The minimum Gasteiger partial charge on any atom is -0.486 e. The molecule has 4 rings (SSSR count). The van der Waals surface area contributed by atoms with Crippen LogP contribution in [0.5, 0.6) is 5.75 Å². The number of aromatic nitrogens is 3. The Bertz CT molecular complexity index is 1300. The van der Waals surface area contributed by atoms with Gasteiger partial charge in [0.1, 0.15) is 33.9 Å². The third kappa shape index (κ3) is 4.61. The van der Waals surface area contributed by atoms with Gasteiger partial charge in [0.05, 0.1) is 23.1 Å². The second-order valence-electron chi connectivity index (χ2n) is 6.96. The molecule has 2 aromatic carbocycles. The van der Waals surface area contributed by atoms with Gasteiger partial charge in [-0.05, 0) is 43.3 Å². The molecule has 31 heavy (non-hydrogen) atoms. The van der Waals surface area contributed by atoms with Crippen molar-refractivity contribution in [3.8, 4) is 5.75 Å². The second kappa shape index (κ2) is 8.65. The highest BCUT2D eigenvalue weighted by atomic mass is 32.1. The number of halogens is 1. The maximum Gasteiger partial charge on any atom is 0.266 e. The molecule has 0 aliphatic rings. The Balaban J connectivity index is 1.46. The van der Waals surface area contributed by atoms with Gasteiger partial charge in [0.2, 0.25) is 0 Å². The smallest absolute Gasteiger partial charge is 0.266 e. The molecule has 0 fully saturated rings. The summed E-state index contributed by atoms with van der Waals surface area (Å²) in [6.45, 7) is 2.08. The highest BCUT2D eigenvalue weighted by Crippen LogP contribution is 2.22. The monoisotopic (exact) mass is 438 g/mol. The maximum absolute atomic E-state index is 13.0. The van der Waals surface area contributed by atoms with Gasteiger partial charge in [-0.3, -0.25) is 9.59 Å². The largest absolute Gasteiger partial charge is 0.486 e. The number of aromatic amines is 1. The first kappa shape index (κ1) is 20.7. The molecule has 0 atom stereocenters. The number of nitrogens with zero attached hydrogens (tertiary/aromatic N) is 3. The van der Waals surface area contributed by atoms with Crippen LogP contribution in [0, 0.1) is 12.7 Å². The predicted molar refractivity (Wildman–Crippen MR) is 116 cm³/mol. The molecule has 7 nitrogen and oxygen atoms in total. The summed E-state index contributed by atoms with van der Waals surface area (Å²) in [5, 5.41) is 1.14. The van der Waals surface area contributed by atoms with Crippen molar-refractivity contribution in [3.63, 3.8) is 0 Å². The van der Waals surface area contributed by atoms with E-state index in [0.717, 1.165) is 0 Å². The lowest BCUT2D eigenvalue weighted by Crippen LogP contribution is -2.28. The Morgan fingerprint density at radius 2 is 1.90 bits per heavy atom. The highest BCUT2D eigenvalue weighted by molar-refractivity contribution is 7.13. The molecule has 0 saturated carbocycles. The molecule has 2 aromatic heterocycles. The summed E-state index contributed by atoms with van der Waals surface area (Å²) < 4.78 is 18.6. The van der Waals surface area contributed by atoms with Gasteiger partial charge in [-0.15, -0.1) is 11.3 Å². The van der Waals surface area contributed by atoms with Crippen molar-refractivity contribution in [2.45, 2.75) is 20.1 Å². The zero-order valence-corrected chi connectivity index (χ0v) is 17.7. The molecule has 0 radical (unpaired) electrons. The number of benzene rings is 2. The first-order valence-corrected chi connectivity index (χ1v) is 10.3. The van der Waals surface area contributed by atoms with Crippen molar-refractivity contribution < 1.29 is 13.9 Å². The Morgan fingerprint density at radius 1 is 1.16 bits per heavy atom. The number of thiazole rings is 1. The second-order valence-corrected chi connectivity index (χ2v) is 8.04. The number of ether oxygens (including phenoxy) is 1. The first-order chi connectivity index (χ1) is 14.9. The van der Waals surface area contributed by atoms with E-state index in [1.807, 2.05) is 6.07 Å². The normalized spacial score (nSPS) is 10.9. The van der Waals surface area contributed by atoms with Crippen LogP contribution >= 0.6 is 11.3 Å².